The highest BCUT2D eigenvalue weighted by Crippen LogP contribution is 2.31. The number of piperidine rings is 1. The van der Waals surface area contributed by atoms with Crippen molar-refractivity contribution < 1.29 is 24.6 Å². The highest BCUT2D eigenvalue weighted by Gasteiger charge is 2.39. The van der Waals surface area contributed by atoms with E-state index < -0.39 is 23.6 Å². The molecule has 0 radical (unpaired) electrons. The van der Waals surface area contributed by atoms with Gasteiger partial charge in [-0.2, -0.15) is 0 Å². The number of piperazine rings is 1. The van der Waals surface area contributed by atoms with Crippen molar-refractivity contribution in [2.75, 3.05) is 44.6 Å². The molecule has 2 saturated heterocycles. The fourth-order valence-corrected chi connectivity index (χ4v) is 4.37. The molecule has 0 spiro atoms. The SMILES string of the molecule is CC1C(=O)N(CCC(=O)N2CC[C@](C)(CO)C(O)C2)CCN1C(=O)Nc1ccc(Cl)c(Cl)c1. The largest absolute Gasteiger partial charge is 0.396 e. The van der Waals surface area contributed by atoms with Crippen LogP contribution in [0.15, 0.2) is 18.2 Å². The van der Waals surface area contributed by atoms with E-state index in [1.54, 1.807) is 35.8 Å². The molecule has 2 aliphatic heterocycles. The number of urea groups is 1. The molecule has 0 aromatic heterocycles. The van der Waals surface area contributed by atoms with E-state index >= 15 is 0 Å². The summed E-state index contributed by atoms with van der Waals surface area (Å²) in [5.41, 5.74) is -0.126. The molecule has 4 amide bonds. The molecule has 3 rings (SSSR count). The van der Waals surface area contributed by atoms with Crippen molar-refractivity contribution in [1.82, 2.24) is 14.7 Å². The van der Waals surface area contributed by atoms with Crippen LogP contribution in [0.2, 0.25) is 10.0 Å². The van der Waals surface area contributed by atoms with E-state index in [-0.39, 0.29) is 37.9 Å². The van der Waals surface area contributed by atoms with Gasteiger partial charge in [-0.25, -0.2) is 4.79 Å². The van der Waals surface area contributed by atoms with Crippen molar-refractivity contribution in [3.8, 4) is 0 Å². The maximum atomic E-state index is 12.8. The molecule has 3 atom stereocenters. The minimum Gasteiger partial charge on any atom is -0.396 e. The molecule has 2 heterocycles. The molecule has 33 heavy (non-hydrogen) atoms. The Balaban J connectivity index is 1.50. The lowest BCUT2D eigenvalue weighted by Gasteiger charge is -2.43. The second-order valence-corrected chi connectivity index (χ2v) is 9.74. The normalized spacial score (nSPS) is 25.9. The number of hydrogen-bond donors (Lipinski definition) is 3. The van der Waals surface area contributed by atoms with Gasteiger partial charge in [-0.1, -0.05) is 30.1 Å². The Labute approximate surface area is 203 Å². The van der Waals surface area contributed by atoms with E-state index in [9.17, 15) is 24.6 Å². The van der Waals surface area contributed by atoms with Gasteiger partial charge in [0.2, 0.25) is 11.8 Å². The fraction of sp³-hybridized carbons (Fsp3) is 0.591. The van der Waals surface area contributed by atoms with Crippen molar-refractivity contribution in [1.29, 1.82) is 0 Å². The van der Waals surface area contributed by atoms with E-state index in [4.69, 9.17) is 23.2 Å². The zero-order valence-electron chi connectivity index (χ0n) is 18.8. The molecule has 0 saturated carbocycles. The van der Waals surface area contributed by atoms with E-state index in [1.165, 1.54) is 11.0 Å². The van der Waals surface area contributed by atoms with Gasteiger partial charge in [-0.05, 0) is 31.5 Å². The third-order valence-corrected chi connectivity index (χ3v) is 7.38. The molecule has 2 fully saturated rings. The van der Waals surface area contributed by atoms with Crippen LogP contribution in [0.1, 0.15) is 26.7 Å². The Bertz CT molecular complexity index is 917. The lowest BCUT2D eigenvalue weighted by atomic mass is 9.78. The predicted octanol–water partition coefficient (Wildman–Crippen LogP) is 2.04. The fourth-order valence-electron chi connectivity index (χ4n) is 4.08. The lowest BCUT2D eigenvalue weighted by molar-refractivity contribution is -0.143. The first-order chi connectivity index (χ1) is 15.6. The van der Waals surface area contributed by atoms with Gasteiger partial charge < -0.3 is 30.2 Å². The summed E-state index contributed by atoms with van der Waals surface area (Å²) >= 11 is 11.9. The minimum absolute atomic E-state index is 0.133. The molecule has 2 unspecified atom stereocenters. The van der Waals surface area contributed by atoms with E-state index in [0.29, 0.717) is 41.8 Å². The minimum atomic E-state index is -0.792. The highest BCUT2D eigenvalue weighted by molar-refractivity contribution is 6.42. The Morgan fingerprint density at radius 1 is 1.21 bits per heavy atom. The zero-order chi connectivity index (χ0) is 24.3. The summed E-state index contributed by atoms with van der Waals surface area (Å²) in [4.78, 5) is 42.7. The molecular weight excluding hydrogens is 471 g/mol. The Morgan fingerprint density at radius 3 is 2.58 bits per heavy atom. The smallest absolute Gasteiger partial charge is 0.322 e. The Hall–Kier alpha value is -2.07. The van der Waals surface area contributed by atoms with E-state index in [1.807, 2.05) is 0 Å². The Kier molecular flexibility index (Phi) is 8.10. The van der Waals surface area contributed by atoms with Crippen LogP contribution in [0.5, 0.6) is 0 Å². The highest BCUT2D eigenvalue weighted by atomic mass is 35.5. The van der Waals surface area contributed by atoms with Crippen molar-refractivity contribution in [2.45, 2.75) is 38.8 Å². The average Bonchev–Trinajstić information content (AvgIpc) is 2.78. The zero-order valence-corrected chi connectivity index (χ0v) is 20.3. The van der Waals surface area contributed by atoms with E-state index in [0.717, 1.165) is 0 Å². The summed E-state index contributed by atoms with van der Waals surface area (Å²) in [6.07, 6.45) is -0.144. The molecule has 11 heteroatoms. The molecule has 0 aliphatic carbocycles. The maximum Gasteiger partial charge on any atom is 0.322 e. The number of benzene rings is 1. The Morgan fingerprint density at radius 2 is 1.94 bits per heavy atom. The van der Waals surface area contributed by atoms with Crippen molar-refractivity contribution in [2.24, 2.45) is 5.41 Å². The standard InChI is InChI=1S/C22H30Cl2N4O5/c1-14-20(32)26(7-5-19(31)27-8-6-22(2,13-29)18(30)12-27)9-10-28(14)21(33)25-15-3-4-16(23)17(24)11-15/h3-4,11,14,18,29-30H,5-10,12-13H2,1-2H3,(H,25,33)/t14?,18?,22-/m1/s1. The third-order valence-electron chi connectivity index (χ3n) is 6.64. The van der Waals surface area contributed by atoms with Crippen LogP contribution in [0.25, 0.3) is 0 Å². The summed E-state index contributed by atoms with van der Waals surface area (Å²) in [6.45, 7) is 4.84. The van der Waals surface area contributed by atoms with Crippen LogP contribution >= 0.6 is 23.2 Å². The first kappa shape index (κ1) is 25.6. The van der Waals surface area contributed by atoms with Gasteiger partial charge in [0.1, 0.15) is 6.04 Å². The number of hydrogen-bond acceptors (Lipinski definition) is 5. The molecular formula is C22H30Cl2N4O5. The topological polar surface area (TPSA) is 113 Å². The van der Waals surface area contributed by atoms with Gasteiger partial charge in [-0.15, -0.1) is 0 Å². The number of aliphatic hydroxyl groups excluding tert-OH is 2. The maximum absolute atomic E-state index is 12.8. The quantitative estimate of drug-likeness (QED) is 0.572. The predicted molar refractivity (Wildman–Crippen MR) is 125 cm³/mol. The van der Waals surface area contributed by atoms with Gasteiger partial charge in [0, 0.05) is 50.2 Å². The average molecular weight is 501 g/mol. The summed E-state index contributed by atoms with van der Waals surface area (Å²) in [6, 6.07) is 3.64. The first-order valence-corrected chi connectivity index (χ1v) is 11.7. The molecule has 0 bridgehead atoms. The van der Waals surface area contributed by atoms with Crippen LogP contribution in [0.4, 0.5) is 10.5 Å². The number of halogens is 2. The van der Waals surface area contributed by atoms with Gasteiger partial charge in [0.15, 0.2) is 0 Å². The number of carbonyl (C=O) groups excluding carboxylic acids is 3. The van der Waals surface area contributed by atoms with Gasteiger partial charge in [-0.3, -0.25) is 9.59 Å². The second kappa shape index (κ2) is 10.5. The summed E-state index contributed by atoms with van der Waals surface area (Å²) in [5, 5.41) is 23.2. The third kappa shape index (κ3) is 5.71. The van der Waals surface area contributed by atoms with Gasteiger partial charge in [0.05, 0.1) is 22.8 Å². The van der Waals surface area contributed by atoms with Crippen molar-refractivity contribution >= 4 is 46.7 Å². The van der Waals surface area contributed by atoms with Crippen LogP contribution in [0, 0.1) is 5.41 Å². The lowest BCUT2D eigenvalue weighted by Crippen LogP contribution is -2.59. The van der Waals surface area contributed by atoms with Crippen molar-refractivity contribution in [3.05, 3.63) is 28.2 Å². The summed E-state index contributed by atoms with van der Waals surface area (Å²) < 4.78 is 0. The number of amides is 4. The molecule has 1 aromatic rings. The monoisotopic (exact) mass is 500 g/mol. The number of β-amino-alcohol motifs (C(OH)–C–C–N with tert-alkyl or cyclic N) is 1. The summed E-state index contributed by atoms with van der Waals surface area (Å²) in [7, 11) is 0. The number of rotatable bonds is 5. The van der Waals surface area contributed by atoms with Gasteiger partial charge >= 0.3 is 6.03 Å². The van der Waals surface area contributed by atoms with Crippen molar-refractivity contribution in [3.63, 3.8) is 0 Å². The molecule has 1 aromatic carbocycles. The molecule has 9 nitrogen and oxygen atoms in total. The van der Waals surface area contributed by atoms with Crippen LogP contribution < -0.4 is 5.32 Å². The number of likely N-dealkylation sites (tertiary alicyclic amines) is 1. The summed E-state index contributed by atoms with van der Waals surface area (Å²) in [5.74, 6) is -0.376. The molecule has 2 aliphatic rings. The molecule has 3 N–H and O–H groups in total. The van der Waals surface area contributed by atoms with E-state index in [2.05, 4.69) is 5.32 Å². The first-order valence-electron chi connectivity index (χ1n) is 10.9. The van der Waals surface area contributed by atoms with Crippen LogP contribution in [0.3, 0.4) is 0 Å². The number of nitrogens with one attached hydrogen (secondary N) is 1. The number of carbonyl (C=O) groups is 3. The number of anilines is 1. The second-order valence-electron chi connectivity index (χ2n) is 8.92. The number of nitrogens with zero attached hydrogens (tertiary/aromatic N) is 3. The van der Waals surface area contributed by atoms with Gasteiger partial charge in [0.25, 0.3) is 0 Å². The molecule has 182 valence electrons. The van der Waals surface area contributed by atoms with Crippen LogP contribution in [-0.4, -0.2) is 94.2 Å². The number of aliphatic hydroxyl groups is 2. The van der Waals surface area contributed by atoms with Crippen LogP contribution in [-0.2, 0) is 9.59 Å².